The molecule has 0 saturated heterocycles. The van der Waals surface area contributed by atoms with Gasteiger partial charge in [0.15, 0.2) is 0 Å². The number of aliphatic hydroxyl groups is 1. The topological polar surface area (TPSA) is 102 Å². The third kappa shape index (κ3) is 4.09. The van der Waals surface area contributed by atoms with Gasteiger partial charge in [0, 0.05) is 24.3 Å². The van der Waals surface area contributed by atoms with Gasteiger partial charge in [0.25, 0.3) is 0 Å². The van der Waals surface area contributed by atoms with E-state index in [1.807, 2.05) is 13.8 Å². The summed E-state index contributed by atoms with van der Waals surface area (Å²) >= 11 is 0. The number of hydrogen-bond acceptors (Lipinski definition) is 5. The van der Waals surface area contributed by atoms with E-state index in [9.17, 15) is 13.5 Å². The van der Waals surface area contributed by atoms with Crippen LogP contribution in [-0.4, -0.2) is 33.8 Å². The van der Waals surface area contributed by atoms with Crippen LogP contribution >= 0.6 is 0 Å². The summed E-state index contributed by atoms with van der Waals surface area (Å²) in [4.78, 5) is 0.00375. The highest BCUT2D eigenvalue weighted by molar-refractivity contribution is 7.89. The Morgan fingerprint density at radius 1 is 1.33 bits per heavy atom. The van der Waals surface area contributed by atoms with Crippen molar-refractivity contribution in [3.05, 3.63) is 18.2 Å². The molecule has 0 atom stereocenters. The Balaban J connectivity index is 3.05. The van der Waals surface area contributed by atoms with Crippen LogP contribution in [-0.2, 0) is 10.0 Å². The van der Waals surface area contributed by atoms with E-state index in [4.69, 9.17) is 10.5 Å². The van der Waals surface area contributed by atoms with Gasteiger partial charge in [-0.25, -0.2) is 13.1 Å². The molecule has 6 nitrogen and oxygen atoms in total. The number of hydrogen-bond donors (Lipinski definition) is 3. The number of methoxy groups -OCH3 is 1. The van der Waals surface area contributed by atoms with E-state index >= 15 is 0 Å². The van der Waals surface area contributed by atoms with Crippen molar-refractivity contribution in [2.24, 2.45) is 5.41 Å². The predicted octanol–water partition coefficient (Wildman–Crippen LogP) is 1.35. The van der Waals surface area contributed by atoms with Crippen molar-refractivity contribution < 1.29 is 18.3 Å². The van der Waals surface area contributed by atoms with E-state index in [1.54, 1.807) is 6.07 Å². The lowest BCUT2D eigenvalue weighted by atomic mass is 9.84. The highest BCUT2D eigenvalue weighted by Gasteiger charge is 2.29. The minimum Gasteiger partial charge on any atom is -0.495 e. The second-order valence-electron chi connectivity index (χ2n) is 5.10. The average Bonchev–Trinajstić information content (AvgIpc) is 2.49. The molecule has 0 aliphatic carbocycles. The molecular formula is C14H24N2O4S. The smallest absolute Gasteiger partial charge is 0.244 e. The summed E-state index contributed by atoms with van der Waals surface area (Å²) in [7, 11) is -2.35. The largest absolute Gasteiger partial charge is 0.495 e. The molecular weight excluding hydrogens is 292 g/mol. The second-order valence-corrected chi connectivity index (χ2v) is 6.84. The Morgan fingerprint density at radius 2 is 1.95 bits per heavy atom. The van der Waals surface area contributed by atoms with E-state index in [0.717, 1.165) is 0 Å². The van der Waals surface area contributed by atoms with Crippen LogP contribution in [0.1, 0.15) is 26.7 Å². The van der Waals surface area contributed by atoms with Gasteiger partial charge in [-0.2, -0.15) is 0 Å². The Labute approximate surface area is 126 Å². The standard InChI is InChI=1S/C14H24N2O4S/c1-4-14(5-2,10-17)9-16-21(18,19)13-8-11(15)6-7-12(13)20-3/h6-8,16-17H,4-5,9-10,15H2,1-3H3. The van der Waals surface area contributed by atoms with Gasteiger partial charge in [-0.1, -0.05) is 13.8 Å². The van der Waals surface area contributed by atoms with Gasteiger partial charge < -0.3 is 15.6 Å². The number of aliphatic hydroxyl groups excluding tert-OH is 1. The Hall–Kier alpha value is -1.31. The summed E-state index contributed by atoms with van der Waals surface area (Å²) in [5, 5.41) is 9.51. The van der Waals surface area contributed by atoms with E-state index in [0.29, 0.717) is 18.5 Å². The van der Waals surface area contributed by atoms with Gasteiger partial charge >= 0.3 is 0 Å². The molecule has 0 bridgehead atoms. The molecule has 0 spiro atoms. The third-order valence-electron chi connectivity index (χ3n) is 3.95. The van der Waals surface area contributed by atoms with Gasteiger partial charge in [-0.15, -0.1) is 0 Å². The zero-order valence-corrected chi connectivity index (χ0v) is 13.5. The lowest BCUT2D eigenvalue weighted by Gasteiger charge is -2.29. The summed E-state index contributed by atoms with van der Waals surface area (Å²) in [6.07, 6.45) is 1.35. The molecule has 1 aromatic rings. The van der Waals surface area contributed by atoms with Crippen LogP contribution < -0.4 is 15.2 Å². The summed E-state index contributed by atoms with van der Waals surface area (Å²) in [5.41, 5.74) is 5.54. The van der Waals surface area contributed by atoms with Crippen molar-refractivity contribution in [1.29, 1.82) is 0 Å². The van der Waals surface area contributed by atoms with E-state index in [2.05, 4.69) is 4.72 Å². The molecule has 0 unspecified atom stereocenters. The van der Waals surface area contributed by atoms with Gasteiger partial charge in [0.2, 0.25) is 10.0 Å². The van der Waals surface area contributed by atoms with Gasteiger partial charge in [-0.05, 0) is 31.0 Å². The number of nitrogen functional groups attached to an aromatic ring is 1. The van der Waals surface area contributed by atoms with Gasteiger partial charge in [-0.3, -0.25) is 0 Å². The lowest BCUT2D eigenvalue weighted by molar-refractivity contribution is 0.119. The summed E-state index contributed by atoms with van der Waals surface area (Å²) in [6.45, 7) is 3.94. The maximum Gasteiger partial charge on any atom is 0.244 e. The lowest BCUT2D eigenvalue weighted by Crippen LogP contribution is -2.39. The van der Waals surface area contributed by atoms with E-state index < -0.39 is 15.4 Å². The Bertz CT molecular complexity index is 560. The highest BCUT2D eigenvalue weighted by atomic mass is 32.2. The number of nitrogens with one attached hydrogen (secondary N) is 1. The summed E-state index contributed by atoms with van der Waals surface area (Å²) < 4.78 is 32.5. The first-order valence-corrected chi connectivity index (χ1v) is 8.36. The maximum atomic E-state index is 12.4. The minimum absolute atomic E-state index is 0.00375. The number of benzene rings is 1. The van der Waals surface area contributed by atoms with Crippen LogP contribution in [0.4, 0.5) is 5.69 Å². The zero-order valence-electron chi connectivity index (χ0n) is 12.7. The molecule has 0 fully saturated rings. The molecule has 0 aliphatic heterocycles. The van der Waals surface area contributed by atoms with Crippen molar-refractivity contribution in [3.8, 4) is 5.75 Å². The predicted molar refractivity (Wildman–Crippen MR) is 82.7 cm³/mol. The number of ether oxygens (including phenoxy) is 1. The Kier molecular flexibility index (Phi) is 6.00. The first-order chi connectivity index (χ1) is 9.84. The van der Waals surface area contributed by atoms with Crippen molar-refractivity contribution in [2.75, 3.05) is 26.0 Å². The van der Waals surface area contributed by atoms with Crippen molar-refractivity contribution in [1.82, 2.24) is 4.72 Å². The quantitative estimate of drug-likeness (QED) is 0.628. The molecule has 1 rings (SSSR count). The average molecular weight is 316 g/mol. The van der Waals surface area contributed by atoms with Crippen LogP contribution in [0.5, 0.6) is 5.75 Å². The van der Waals surface area contributed by atoms with Crippen LogP contribution in [0, 0.1) is 5.41 Å². The zero-order chi connectivity index (χ0) is 16.1. The normalized spacial score (nSPS) is 12.4. The fourth-order valence-corrected chi connectivity index (χ4v) is 3.37. The number of sulfonamides is 1. The molecule has 0 heterocycles. The molecule has 0 amide bonds. The Morgan fingerprint density at radius 3 is 2.43 bits per heavy atom. The molecule has 0 aliphatic rings. The van der Waals surface area contributed by atoms with Crippen LogP contribution in [0.2, 0.25) is 0 Å². The minimum atomic E-state index is -3.76. The van der Waals surface area contributed by atoms with Gasteiger partial charge in [0.1, 0.15) is 10.6 Å². The number of anilines is 1. The number of rotatable bonds is 8. The fourth-order valence-electron chi connectivity index (χ4n) is 2.01. The van der Waals surface area contributed by atoms with Crippen molar-refractivity contribution in [2.45, 2.75) is 31.6 Å². The van der Waals surface area contributed by atoms with Crippen LogP contribution in [0.25, 0.3) is 0 Å². The molecule has 0 radical (unpaired) electrons. The highest BCUT2D eigenvalue weighted by Crippen LogP contribution is 2.28. The van der Waals surface area contributed by atoms with Crippen LogP contribution in [0.3, 0.4) is 0 Å². The van der Waals surface area contributed by atoms with E-state index in [-0.39, 0.29) is 23.8 Å². The maximum absolute atomic E-state index is 12.4. The summed E-state index contributed by atoms with van der Waals surface area (Å²) in [6, 6.07) is 4.45. The molecule has 1 aromatic carbocycles. The summed E-state index contributed by atoms with van der Waals surface area (Å²) in [5.74, 6) is 0.235. The van der Waals surface area contributed by atoms with Crippen LogP contribution in [0.15, 0.2) is 23.1 Å². The number of nitrogens with two attached hydrogens (primary N) is 1. The molecule has 21 heavy (non-hydrogen) atoms. The monoisotopic (exact) mass is 316 g/mol. The molecule has 0 saturated carbocycles. The first kappa shape index (κ1) is 17.7. The SMILES string of the molecule is CCC(CC)(CO)CNS(=O)(=O)c1cc(N)ccc1OC. The van der Waals surface area contributed by atoms with Gasteiger partial charge in [0.05, 0.1) is 7.11 Å². The third-order valence-corrected chi connectivity index (χ3v) is 5.37. The van der Waals surface area contributed by atoms with E-state index in [1.165, 1.54) is 19.2 Å². The molecule has 120 valence electrons. The molecule has 7 heteroatoms. The molecule has 4 N–H and O–H groups in total. The molecule has 0 aromatic heterocycles. The first-order valence-electron chi connectivity index (χ1n) is 6.88. The van der Waals surface area contributed by atoms with Crippen molar-refractivity contribution in [3.63, 3.8) is 0 Å². The fraction of sp³-hybridized carbons (Fsp3) is 0.571. The van der Waals surface area contributed by atoms with Crippen molar-refractivity contribution >= 4 is 15.7 Å². The second kappa shape index (κ2) is 7.11.